The number of nitro groups is 1. The Hall–Kier alpha value is -5.59. The van der Waals surface area contributed by atoms with Gasteiger partial charge in [-0.15, -0.1) is 0 Å². The van der Waals surface area contributed by atoms with Crippen molar-refractivity contribution in [2.75, 3.05) is 14.2 Å². The fourth-order valence-corrected chi connectivity index (χ4v) is 10.3. The van der Waals surface area contributed by atoms with Crippen molar-refractivity contribution >= 4 is 68.4 Å². The van der Waals surface area contributed by atoms with Crippen molar-refractivity contribution < 1.29 is 136 Å². The van der Waals surface area contributed by atoms with E-state index in [9.17, 15) is 114 Å². The standard InChI is InChI=1S/C34H19F18NO14S3/c1-62-19-7-12(17(53(54)55)8-20(19)63-2)11-64-18-9-21(68(56,57)65-26(29(35,36)37)30(38,39)40)14-5-6-16-23(70(60,61)67-28(33(47,48)49)34(50,51)52)10-22(15-4-3-13(18)24(14)25(15)16)69(58,59)66-27(31(41,42)43)32(44,45)46/h3-10,26-28H,11H2,1-2H3. The highest BCUT2D eigenvalue weighted by Crippen LogP contribution is 2.49. The number of alkyl halides is 18. The first-order chi connectivity index (χ1) is 31.5. The summed E-state index contributed by atoms with van der Waals surface area (Å²) in [7, 11) is -18.7. The van der Waals surface area contributed by atoms with Crippen LogP contribution in [-0.4, -0.2) is 99.8 Å². The molecule has 388 valence electrons. The summed E-state index contributed by atoms with van der Waals surface area (Å²) in [5.74, 6) is -1.92. The lowest BCUT2D eigenvalue weighted by Crippen LogP contribution is -2.45. The van der Waals surface area contributed by atoms with E-state index in [1.165, 1.54) is 0 Å². The highest BCUT2D eigenvalue weighted by molar-refractivity contribution is 7.88. The van der Waals surface area contributed by atoms with Crippen molar-refractivity contribution in [1.29, 1.82) is 0 Å². The topological polar surface area (TPSA) is 201 Å². The third-order valence-corrected chi connectivity index (χ3v) is 13.1. The van der Waals surface area contributed by atoms with Gasteiger partial charge in [0.2, 0.25) is 0 Å². The van der Waals surface area contributed by atoms with Crippen LogP contribution >= 0.6 is 0 Å². The first kappa shape index (κ1) is 55.3. The van der Waals surface area contributed by atoms with Crippen molar-refractivity contribution in [2.45, 2.75) is 76.7 Å². The zero-order valence-electron chi connectivity index (χ0n) is 33.2. The second-order valence-electron chi connectivity index (χ2n) is 13.7. The fraction of sp³-hybridized carbons (Fsp3) is 0.353. The number of nitro benzene ring substituents is 1. The molecule has 0 saturated heterocycles. The summed E-state index contributed by atoms with van der Waals surface area (Å²) >= 11 is 0. The molecule has 0 aliphatic rings. The van der Waals surface area contributed by atoms with Crippen LogP contribution in [0.1, 0.15) is 5.56 Å². The van der Waals surface area contributed by atoms with Crippen LogP contribution in [0.25, 0.3) is 32.3 Å². The Morgan fingerprint density at radius 2 is 0.771 bits per heavy atom. The van der Waals surface area contributed by atoms with E-state index in [0.29, 0.717) is 12.1 Å². The van der Waals surface area contributed by atoms with Gasteiger partial charge in [0.25, 0.3) is 54.4 Å². The van der Waals surface area contributed by atoms with E-state index in [1.54, 1.807) is 0 Å². The van der Waals surface area contributed by atoms with Crippen LogP contribution in [0.4, 0.5) is 84.7 Å². The van der Waals surface area contributed by atoms with Crippen LogP contribution in [-0.2, 0) is 49.5 Å². The molecule has 0 unspecified atom stereocenters. The molecule has 0 radical (unpaired) electrons. The molecular weight excluding hydrogens is 1080 g/mol. The average Bonchev–Trinajstić information content (AvgIpc) is 3.19. The molecular formula is C34H19F18NO14S3. The Morgan fingerprint density at radius 3 is 1.09 bits per heavy atom. The summed E-state index contributed by atoms with van der Waals surface area (Å²) in [5, 5.41) is 3.75. The lowest BCUT2D eigenvalue weighted by molar-refractivity contribution is -0.385. The summed E-state index contributed by atoms with van der Waals surface area (Å²) < 4.78 is 352. The van der Waals surface area contributed by atoms with Gasteiger partial charge in [0.1, 0.15) is 27.0 Å². The normalized spacial score (nSPS) is 14.2. The highest BCUT2D eigenvalue weighted by atomic mass is 32.2. The van der Waals surface area contributed by atoms with Gasteiger partial charge in [-0.3, -0.25) is 10.1 Å². The first-order valence-electron chi connectivity index (χ1n) is 17.5. The molecule has 5 aromatic rings. The van der Waals surface area contributed by atoms with Gasteiger partial charge in [0.15, 0.2) is 11.5 Å². The summed E-state index contributed by atoms with van der Waals surface area (Å²) in [6.45, 7) is -1.28. The number of nitrogens with zero attached hydrogens (tertiary/aromatic N) is 1. The molecule has 0 aliphatic heterocycles. The largest absolute Gasteiger partial charge is 0.493 e. The molecule has 0 aromatic heterocycles. The van der Waals surface area contributed by atoms with Gasteiger partial charge in [-0.05, 0) is 18.2 Å². The number of hydrogen-bond donors (Lipinski definition) is 0. The maximum absolute atomic E-state index is 13.7. The lowest BCUT2D eigenvalue weighted by Gasteiger charge is -2.25. The van der Waals surface area contributed by atoms with Crippen LogP contribution in [0, 0.1) is 10.1 Å². The van der Waals surface area contributed by atoms with Crippen molar-refractivity contribution in [3.8, 4) is 17.2 Å². The molecule has 0 atom stereocenters. The van der Waals surface area contributed by atoms with Crippen LogP contribution in [0.15, 0.2) is 63.2 Å². The number of halogens is 18. The molecule has 0 heterocycles. The maximum atomic E-state index is 13.7. The van der Waals surface area contributed by atoms with Crippen molar-refractivity contribution in [2.24, 2.45) is 0 Å². The molecule has 0 spiro atoms. The zero-order valence-corrected chi connectivity index (χ0v) is 35.7. The van der Waals surface area contributed by atoms with Gasteiger partial charge in [0, 0.05) is 38.4 Å². The van der Waals surface area contributed by atoms with Crippen LogP contribution in [0.5, 0.6) is 17.2 Å². The van der Waals surface area contributed by atoms with Crippen molar-refractivity contribution in [3.05, 3.63) is 64.2 Å². The van der Waals surface area contributed by atoms with Gasteiger partial charge in [0.05, 0.1) is 30.8 Å². The Balaban J connectivity index is 2.01. The molecule has 0 saturated carbocycles. The van der Waals surface area contributed by atoms with Crippen molar-refractivity contribution in [3.63, 3.8) is 0 Å². The molecule has 5 aromatic carbocycles. The van der Waals surface area contributed by atoms with Crippen molar-refractivity contribution in [1.82, 2.24) is 0 Å². The number of ether oxygens (including phenoxy) is 3. The van der Waals surface area contributed by atoms with Crippen LogP contribution < -0.4 is 14.2 Å². The molecule has 5 rings (SSSR count). The quantitative estimate of drug-likeness (QED) is 0.0315. The second-order valence-corrected chi connectivity index (χ2v) is 18.4. The van der Waals surface area contributed by atoms with E-state index in [1.807, 2.05) is 0 Å². The molecule has 0 fully saturated rings. The molecule has 36 heteroatoms. The third kappa shape index (κ3) is 11.0. The number of hydrogen-bond acceptors (Lipinski definition) is 14. The van der Waals surface area contributed by atoms with Gasteiger partial charge in [-0.2, -0.15) is 104 Å². The number of methoxy groups -OCH3 is 2. The Bertz CT molecular complexity index is 3060. The summed E-state index contributed by atoms with van der Waals surface area (Å²) in [5.41, 5.74) is -1.56. The van der Waals surface area contributed by atoms with Crippen LogP contribution in [0.2, 0.25) is 0 Å². The highest BCUT2D eigenvalue weighted by Gasteiger charge is 2.63. The molecule has 0 amide bonds. The monoisotopic (exact) mass is 1100 g/mol. The Morgan fingerprint density at radius 1 is 0.471 bits per heavy atom. The second kappa shape index (κ2) is 17.9. The molecule has 70 heavy (non-hydrogen) atoms. The average molecular weight is 1100 g/mol. The SMILES string of the molecule is COc1cc(COc2cc(S(=O)(=O)OC(C(F)(F)F)C(F)(F)F)c3ccc4c(S(=O)(=O)OC(C(F)(F)F)C(F)(F)F)cc(S(=O)(=O)OC(C(F)(F)F)C(F)(F)F)c5ccc2c3c54)c([N+](=O)[O-])cc1OC. The summed E-state index contributed by atoms with van der Waals surface area (Å²) in [6, 6.07) is 1.79. The lowest BCUT2D eigenvalue weighted by atomic mass is 9.93. The predicted molar refractivity (Wildman–Crippen MR) is 193 cm³/mol. The minimum absolute atomic E-state index is 0.0313. The van der Waals surface area contributed by atoms with Gasteiger partial charge in [-0.25, -0.2) is 12.5 Å². The molecule has 15 nitrogen and oxygen atoms in total. The van der Waals surface area contributed by atoms with E-state index < -0.39 is 167 Å². The zero-order chi connectivity index (χ0) is 53.5. The minimum atomic E-state index is -7.00. The summed E-state index contributed by atoms with van der Waals surface area (Å²) in [4.78, 5) is 4.19. The fourth-order valence-electron chi connectivity index (χ4n) is 6.38. The van der Waals surface area contributed by atoms with E-state index in [0.717, 1.165) is 20.3 Å². The van der Waals surface area contributed by atoms with E-state index >= 15 is 0 Å². The molecule has 0 N–H and O–H groups in total. The van der Waals surface area contributed by atoms with E-state index in [-0.39, 0.29) is 35.8 Å². The van der Waals surface area contributed by atoms with E-state index in [2.05, 4.69) is 12.5 Å². The summed E-state index contributed by atoms with van der Waals surface area (Å²) in [6.07, 6.45) is -56.4. The van der Waals surface area contributed by atoms with E-state index in [4.69, 9.17) is 14.2 Å². The Labute approximate surface area is 376 Å². The maximum Gasteiger partial charge on any atom is 0.425 e. The minimum Gasteiger partial charge on any atom is -0.493 e. The smallest absolute Gasteiger partial charge is 0.425 e. The molecule has 0 aliphatic carbocycles. The Kier molecular flexibility index (Phi) is 14.2. The van der Waals surface area contributed by atoms with Gasteiger partial charge in [-0.1, -0.05) is 18.2 Å². The van der Waals surface area contributed by atoms with Gasteiger partial charge < -0.3 is 14.2 Å². The first-order valence-corrected chi connectivity index (χ1v) is 21.7. The van der Waals surface area contributed by atoms with Crippen LogP contribution in [0.3, 0.4) is 0 Å². The third-order valence-electron chi connectivity index (χ3n) is 9.17. The van der Waals surface area contributed by atoms with Gasteiger partial charge >= 0.3 is 37.1 Å². The number of rotatable bonds is 15. The number of benzene rings is 5. The molecule has 0 bridgehead atoms. The predicted octanol–water partition coefficient (Wildman–Crippen LogP) is 9.68.